The first-order chi connectivity index (χ1) is 7.38. The van der Waals surface area contributed by atoms with E-state index < -0.39 is 0 Å². The average molecular weight is 207 g/mol. The van der Waals surface area contributed by atoms with Crippen LogP contribution in [0.3, 0.4) is 0 Å². The van der Waals surface area contributed by atoms with Crippen LogP contribution in [-0.4, -0.2) is 10.2 Å². The molecule has 2 rings (SSSR count). The summed E-state index contributed by atoms with van der Waals surface area (Å²) in [5.41, 5.74) is 1.05. The van der Waals surface area contributed by atoms with Crippen molar-refractivity contribution in [2.45, 2.75) is 26.3 Å². The Morgan fingerprint density at radius 2 is 2.33 bits per heavy atom. The van der Waals surface area contributed by atoms with Crippen LogP contribution in [0.25, 0.3) is 0 Å². The molecule has 0 aromatic carbocycles. The van der Waals surface area contributed by atoms with Gasteiger partial charge in [0.1, 0.15) is 0 Å². The Hall–Kier alpha value is -1.78. The van der Waals surface area contributed by atoms with E-state index in [0.717, 1.165) is 18.4 Å². The quantitative estimate of drug-likeness (QED) is 0.814. The van der Waals surface area contributed by atoms with Crippen molar-refractivity contribution in [1.29, 1.82) is 0 Å². The molecule has 0 amide bonds. The zero-order valence-electron chi connectivity index (χ0n) is 8.56. The smallest absolute Gasteiger partial charge is 0.315 e. The van der Waals surface area contributed by atoms with Crippen molar-refractivity contribution in [3.8, 4) is 0 Å². The maximum Gasteiger partial charge on any atom is 0.315 e. The standard InChI is InChI=1S/C10H13N3O2/c1-2-3-9-12-13-10(15-9)11-6-8-4-5-14-7-8/h4-5,7H,2-3,6H2,1H3,(H,11,13). The van der Waals surface area contributed by atoms with E-state index >= 15 is 0 Å². The molecule has 0 aliphatic carbocycles. The molecule has 0 fully saturated rings. The molecule has 0 atom stereocenters. The monoisotopic (exact) mass is 207 g/mol. The lowest BCUT2D eigenvalue weighted by Crippen LogP contribution is -1.97. The first-order valence-corrected chi connectivity index (χ1v) is 4.96. The lowest BCUT2D eigenvalue weighted by atomic mass is 10.3. The van der Waals surface area contributed by atoms with E-state index in [-0.39, 0.29) is 0 Å². The summed E-state index contributed by atoms with van der Waals surface area (Å²) < 4.78 is 10.3. The maximum atomic E-state index is 5.36. The van der Waals surface area contributed by atoms with Crippen molar-refractivity contribution < 1.29 is 8.83 Å². The molecule has 0 saturated carbocycles. The Morgan fingerprint density at radius 1 is 1.40 bits per heavy atom. The predicted octanol–water partition coefficient (Wildman–Crippen LogP) is 2.23. The van der Waals surface area contributed by atoms with Gasteiger partial charge in [0.2, 0.25) is 5.89 Å². The van der Waals surface area contributed by atoms with Gasteiger partial charge in [-0.25, -0.2) is 0 Å². The third kappa shape index (κ3) is 2.59. The SMILES string of the molecule is CCCc1nnc(NCc2ccoc2)o1. The zero-order valence-corrected chi connectivity index (χ0v) is 8.56. The Labute approximate surface area is 87.5 Å². The van der Waals surface area contributed by atoms with E-state index in [9.17, 15) is 0 Å². The first kappa shape index (κ1) is 9.76. The van der Waals surface area contributed by atoms with Crippen molar-refractivity contribution in [3.05, 3.63) is 30.0 Å². The van der Waals surface area contributed by atoms with E-state index in [0.29, 0.717) is 18.5 Å². The molecule has 0 bridgehead atoms. The molecule has 0 spiro atoms. The van der Waals surface area contributed by atoms with E-state index in [4.69, 9.17) is 8.83 Å². The van der Waals surface area contributed by atoms with Gasteiger partial charge < -0.3 is 14.2 Å². The summed E-state index contributed by atoms with van der Waals surface area (Å²) in [7, 11) is 0. The van der Waals surface area contributed by atoms with Gasteiger partial charge in [0.25, 0.3) is 0 Å². The van der Waals surface area contributed by atoms with Crippen LogP contribution < -0.4 is 5.32 Å². The molecular formula is C10H13N3O2. The molecule has 0 aliphatic heterocycles. The minimum atomic E-state index is 0.458. The second kappa shape index (κ2) is 4.63. The largest absolute Gasteiger partial charge is 0.472 e. The lowest BCUT2D eigenvalue weighted by molar-refractivity contribution is 0.500. The maximum absolute atomic E-state index is 5.36. The third-order valence-electron chi connectivity index (χ3n) is 1.95. The number of hydrogen-bond donors (Lipinski definition) is 1. The van der Waals surface area contributed by atoms with Crippen LogP contribution >= 0.6 is 0 Å². The van der Waals surface area contributed by atoms with Crippen LogP contribution in [0.15, 0.2) is 27.4 Å². The van der Waals surface area contributed by atoms with Gasteiger partial charge in [-0.05, 0) is 12.5 Å². The van der Waals surface area contributed by atoms with Crippen molar-refractivity contribution in [3.63, 3.8) is 0 Å². The fourth-order valence-corrected chi connectivity index (χ4v) is 1.21. The summed E-state index contributed by atoms with van der Waals surface area (Å²) in [6.07, 6.45) is 5.13. The molecule has 80 valence electrons. The van der Waals surface area contributed by atoms with Crippen molar-refractivity contribution >= 4 is 6.01 Å². The molecule has 0 aliphatic rings. The Bertz CT molecular complexity index is 394. The van der Waals surface area contributed by atoms with E-state index in [2.05, 4.69) is 22.4 Å². The van der Waals surface area contributed by atoms with E-state index in [1.807, 2.05) is 6.07 Å². The molecule has 0 radical (unpaired) electrons. The first-order valence-electron chi connectivity index (χ1n) is 4.96. The second-order valence-corrected chi connectivity index (χ2v) is 3.24. The molecule has 2 aromatic rings. The minimum absolute atomic E-state index is 0.458. The number of nitrogens with one attached hydrogen (secondary N) is 1. The fraction of sp³-hybridized carbons (Fsp3) is 0.400. The highest BCUT2D eigenvalue weighted by Crippen LogP contribution is 2.09. The van der Waals surface area contributed by atoms with E-state index in [1.54, 1.807) is 12.5 Å². The van der Waals surface area contributed by atoms with Crippen molar-refractivity contribution in [1.82, 2.24) is 10.2 Å². The van der Waals surface area contributed by atoms with Crippen LogP contribution in [0.4, 0.5) is 6.01 Å². The van der Waals surface area contributed by atoms with Gasteiger partial charge in [0, 0.05) is 18.5 Å². The number of aryl methyl sites for hydroxylation is 1. The Kier molecular flexibility index (Phi) is 3.02. The number of furan rings is 1. The molecule has 5 heteroatoms. The van der Waals surface area contributed by atoms with Gasteiger partial charge in [-0.15, -0.1) is 5.10 Å². The fourth-order valence-electron chi connectivity index (χ4n) is 1.21. The summed E-state index contributed by atoms with van der Waals surface area (Å²) in [5.74, 6) is 0.673. The Balaban J connectivity index is 1.88. The third-order valence-corrected chi connectivity index (χ3v) is 1.95. The van der Waals surface area contributed by atoms with Crippen LogP contribution in [-0.2, 0) is 13.0 Å². The minimum Gasteiger partial charge on any atom is -0.472 e. The number of aromatic nitrogens is 2. The van der Waals surface area contributed by atoms with Crippen molar-refractivity contribution in [2.75, 3.05) is 5.32 Å². The normalized spacial score (nSPS) is 10.5. The lowest BCUT2D eigenvalue weighted by Gasteiger charge is -1.96. The highest BCUT2D eigenvalue weighted by atomic mass is 16.4. The molecule has 2 aromatic heterocycles. The molecule has 5 nitrogen and oxygen atoms in total. The average Bonchev–Trinajstić information content (AvgIpc) is 2.85. The zero-order chi connectivity index (χ0) is 10.5. The number of anilines is 1. The van der Waals surface area contributed by atoms with Crippen LogP contribution in [0.1, 0.15) is 24.8 Å². The van der Waals surface area contributed by atoms with Gasteiger partial charge in [0.15, 0.2) is 0 Å². The van der Waals surface area contributed by atoms with Crippen LogP contribution in [0.2, 0.25) is 0 Å². The molecule has 15 heavy (non-hydrogen) atoms. The van der Waals surface area contributed by atoms with Gasteiger partial charge in [-0.3, -0.25) is 0 Å². The van der Waals surface area contributed by atoms with E-state index in [1.165, 1.54) is 0 Å². The number of hydrogen-bond acceptors (Lipinski definition) is 5. The molecule has 2 heterocycles. The summed E-state index contributed by atoms with van der Waals surface area (Å²) in [6, 6.07) is 2.34. The summed E-state index contributed by atoms with van der Waals surface area (Å²) in [5, 5.41) is 10.8. The Morgan fingerprint density at radius 3 is 3.07 bits per heavy atom. The predicted molar refractivity (Wildman–Crippen MR) is 54.3 cm³/mol. The second-order valence-electron chi connectivity index (χ2n) is 3.24. The highest BCUT2D eigenvalue weighted by Gasteiger charge is 2.04. The molecule has 0 saturated heterocycles. The van der Waals surface area contributed by atoms with Gasteiger partial charge in [-0.1, -0.05) is 12.0 Å². The van der Waals surface area contributed by atoms with Crippen LogP contribution in [0.5, 0.6) is 0 Å². The summed E-state index contributed by atoms with van der Waals surface area (Å²) >= 11 is 0. The summed E-state index contributed by atoms with van der Waals surface area (Å²) in [6.45, 7) is 2.70. The van der Waals surface area contributed by atoms with Crippen LogP contribution in [0, 0.1) is 0 Å². The topological polar surface area (TPSA) is 64.1 Å². The van der Waals surface area contributed by atoms with Gasteiger partial charge >= 0.3 is 6.01 Å². The van der Waals surface area contributed by atoms with Gasteiger partial charge in [0.05, 0.1) is 12.5 Å². The molecule has 1 N–H and O–H groups in total. The highest BCUT2D eigenvalue weighted by molar-refractivity contribution is 5.20. The molecular weight excluding hydrogens is 194 g/mol. The number of nitrogens with zero attached hydrogens (tertiary/aromatic N) is 2. The summed E-state index contributed by atoms with van der Waals surface area (Å²) in [4.78, 5) is 0. The van der Waals surface area contributed by atoms with Crippen molar-refractivity contribution in [2.24, 2.45) is 0 Å². The molecule has 0 unspecified atom stereocenters. The number of rotatable bonds is 5. The van der Waals surface area contributed by atoms with Gasteiger partial charge in [-0.2, -0.15) is 0 Å².